The number of nitrogens with zero attached hydrogens (tertiary/aromatic N) is 1. The Balaban J connectivity index is 1.75. The van der Waals surface area contributed by atoms with Gasteiger partial charge in [-0.05, 0) is 40.8 Å². The van der Waals surface area contributed by atoms with Crippen molar-refractivity contribution in [2.24, 2.45) is 11.8 Å². The highest BCUT2D eigenvalue weighted by molar-refractivity contribution is 9.10. The first-order valence-corrected chi connectivity index (χ1v) is 6.65. The lowest BCUT2D eigenvalue weighted by Crippen LogP contribution is -2.43. The molecule has 0 aromatic carbocycles. The molecule has 3 atom stereocenters. The van der Waals surface area contributed by atoms with E-state index in [0.717, 1.165) is 16.1 Å². The first-order valence-electron chi connectivity index (χ1n) is 5.48. The molecule has 1 N–H and O–H groups in total. The monoisotopic (exact) mass is 298 g/mol. The highest BCUT2D eigenvalue weighted by atomic mass is 79.9. The fourth-order valence-corrected chi connectivity index (χ4v) is 3.10. The van der Waals surface area contributed by atoms with E-state index < -0.39 is 0 Å². The zero-order valence-electron chi connectivity index (χ0n) is 8.66. The summed E-state index contributed by atoms with van der Waals surface area (Å²) in [6, 6.07) is 2.51. The summed E-state index contributed by atoms with van der Waals surface area (Å²) in [5, 5.41) is 4.03. The summed E-state index contributed by atoms with van der Waals surface area (Å²) in [4.78, 5) is 4.11. The molecular formula is C12H12BrClN2. The van der Waals surface area contributed by atoms with Crippen LogP contribution >= 0.6 is 27.5 Å². The van der Waals surface area contributed by atoms with Crippen molar-refractivity contribution in [3.05, 3.63) is 34.0 Å². The van der Waals surface area contributed by atoms with Crippen LogP contribution < -0.4 is 5.32 Å². The van der Waals surface area contributed by atoms with Crippen LogP contribution in [-0.2, 0) is 0 Å². The molecule has 4 heteroatoms. The zero-order valence-corrected chi connectivity index (χ0v) is 11.0. The lowest BCUT2D eigenvalue weighted by molar-refractivity contribution is 0.218. The van der Waals surface area contributed by atoms with Crippen LogP contribution in [0.15, 0.2) is 28.9 Å². The number of halogens is 2. The van der Waals surface area contributed by atoms with E-state index >= 15 is 0 Å². The van der Waals surface area contributed by atoms with E-state index in [0.29, 0.717) is 17.1 Å². The molecule has 3 rings (SSSR count). The van der Waals surface area contributed by atoms with E-state index in [1.54, 1.807) is 6.20 Å². The quantitative estimate of drug-likeness (QED) is 0.662. The first-order chi connectivity index (χ1) is 7.74. The van der Waals surface area contributed by atoms with Crippen molar-refractivity contribution in [3.63, 3.8) is 0 Å². The number of hydrogen-bond acceptors (Lipinski definition) is 2. The number of anilines is 1. The van der Waals surface area contributed by atoms with E-state index in [2.05, 4.69) is 38.4 Å². The third kappa shape index (κ3) is 1.76. The first kappa shape index (κ1) is 10.6. The van der Waals surface area contributed by atoms with Gasteiger partial charge in [-0.15, -0.1) is 0 Å². The second-order valence-corrected chi connectivity index (χ2v) is 5.75. The van der Waals surface area contributed by atoms with Gasteiger partial charge < -0.3 is 5.32 Å². The molecule has 0 saturated heterocycles. The minimum absolute atomic E-state index is 0.525. The maximum absolute atomic E-state index is 6.05. The number of hydrogen-bond donors (Lipinski definition) is 1. The van der Waals surface area contributed by atoms with Crippen LogP contribution in [0.1, 0.15) is 12.8 Å². The van der Waals surface area contributed by atoms with Crippen LogP contribution in [0, 0.1) is 11.8 Å². The molecular weight excluding hydrogens is 288 g/mol. The van der Waals surface area contributed by atoms with Gasteiger partial charge in [0.2, 0.25) is 0 Å². The predicted octanol–water partition coefficient (Wildman–Crippen LogP) is 3.87. The number of fused-ring (bicyclic) bond motifs is 1. The van der Waals surface area contributed by atoms with Crippen molar-refractivity contribution in [1.29, 1.82) is 0 Å². The fourth-order valence-electron chi connectivity index (χ4n) is 2.61. The Kier molecular flexibility index (Phi) is 2.68. The molecule has 16 heavy (non-hydrogen) atoms. The molecule has 1 aromatic heterocycles. The SMILES string of the molecule is Clc1ncc(Br)cc1NC1CC2CC=CC21. The van der Waals surface area contributed by atoms with Crippen molar-refractivity contribution in [1.82, 2.24) is 4.98 Å². The Hall–Kier alpha value is -0.540. The smallest absolute Gasteiger partial charge is 0.152 e. The van der Waals surface area contributed by atoms with Gasteiger partial charge in [0.25, 0.3) is 0 Å². The Morgan fingerprint density at radius 1 is 1.50 bits per heavy atom. The van der Waals surface area contributed by atoms with Crippen molar-refractivity contribution < 1.29 is 0 Å². The summed E-state index contributed by atoms with van der Waals surface area (Å²) in [6.07, 6.45) is 8.81. The standard InChI is InChI=1S/C12H12BrClN2/c13-8-5-11(12(14)15-6-8)16-10-4-7-2-1-3-9(7)10/h1,3,5-7,9-10,16H,2,4H2. The molecule has 0 radical (unpaired) electrons. The second kappa shape index (κ2) is 4.04. The molecule has 1 heterocycles. The summed E-state index contributed by atoms with van der Waals surface area (Å²) < 4.78 is 0.956. The number of aromatic nitrogens is 1. The molecule has 1 fully saturated rings. The number of rotatable bonds is 2. The molecule has 84 valence electrons. The normalized spacial score (nSPS) is 31.0. The van der Waals surface area contributed by atoms with E-state index in [4.69, 9.17) is 11.6 Å². The summed E-state index contributed by atoms with van der Waals surface area (Å²) >= 11 is 9.46. The van der Waals surface area contributed by atoms with Gasteiger partial charge in [0.1, 0.15) is 0 Å². The molecule has 0 aliphatic heterocycles. The van der Waals surface area contributed by atoms with Gasteiger partial charge in [0.15, 0.2) is 5.15 Å². The van der Waals surface area contributed by atoms with E-state index in [-0.39, 0.29) is 0 Å². The largest absolute Gasteiger partial charge is 0.379 e. The Morgan fingerprint density at radius 2 is 2.38 bits per heavy atom. The highest BCUT2D eigenvalue weighted by Gasteiger charge is 2.41. The van der Waals surface area contributed by atoms with Crippen molar-refractivity contribution in [2.75, 3.05) is 5.32 Å². The fraction of sp³-hybridized carbons (Fsp3) is 0.417. The van der Waals surface area contributed by atoms with Crippen molar-refractivity contribution in [3.8, 4) is 0 Å². The molecule has 0 spiro atoms. The highest BCUT2D eigenvalue weighted by Crippen LogP contribution is 2.44. The Bertz CT molecular complexity index is 447. The third-order valence-corrected chi connectivity index (χ3v) is 4.24. The molecule has 3 unspecified atom stereocenters. The molecule has 2 aliphatic carbocycles. The summed E-state index contributed by atoms with van der Waals surface area (Å²) in [7, 11) is 0. The van der Waals surface area contributed by atoms with Gasteiger partial charge in [-0.2, -0.15) is 0 Å². The van der Waals surface area contributed by atoms with Gasteiger partial charge in [-0.1, -0.05) is 23.8 Å². The van der Waals surface area contributed by atoms with Gasteiger partial charge in [0.05, 0.1) is 5.69 Å². The van der Waals surface area contributed by atoms with Crippen LogP contribution in [-0.4, -0.2) is 11.0 Å². The van der Waals surface area contributed by atoms with Gasteiger partial charge in [-0.3, -0.25) is 0 Å². The Morgan fingerprint density at radius 3 is 3.19 bits per heavy atom. The molecule has 1 saturated carbocycles. The molecule has 0 amide bonds. The minimum atomic E-state index is 0.525. The van der Waals surface area contributed by atoms with E-state index in [1.807, 2.05) is 6.07 Å². The summed E-state index contributed by atoms with van der Waals surface area (Å²) in [5.74, 6) is 1.55. The second-order valence-electron chi connectivity index (χ2n) is 4.48. The lowest BCUT2D eigenvalue weighted by atomic mass is 9.71. The molecule has 0 bridgehead atoms. The molecule has 2 nitrogen and oxygen atoms in total. The van der Waals surface area contributed by atoms with Crippen LogP contribution in [0.2, 0.25) is 5.15 Å². The van der Waals surface area contributed by atoms with E-state index in [1.165, 1.54) is 12.8 Å². The topological polar surface area (TPSA) is 24.9 Å². The number of pyridine rings is 1. The average molecular weight is 300 g/mol. The maximum atomic E-state index is 6.05. The van der Waals surface area contributed by atoms with Crippen LogP contribution in [0.4, 0.5) is 5.69 Å². The number of nitrogens with one attached hydrogen (secondary N) is 1. The van der Waals surface area contributed by atoms with Crippen LogP contribution in [0.3, 0.4) is 0 Å². The predicted molar refractivity (Wildman–Crippen MR) is 69.7 cm³/mol. The third-order valence-electron chi connectivity index (χ3n) is 3.51. The zero-order chi connectivity index (χ0) is 11.1. The lowest BCUT2D eigenvalue weighted by Gasteiger charge is -2.41. The molecule has 2 aliphatic rings. The molecule has 1 aromatic rings. The average Bonchev–Trinajstić information content (AvgIpc) is 2.61. The van der Waals surface area contributed by atoms with Crippen LogP contribution in [0.25, 0.3) is 0 Å². The van der Waals surface area contributed by atoms with E-state index in [9.17, 15) is 0 Å². The summed E-state index contributed by atoms with van der Waals surface area (Å²) in [6.45, 7) is 0. The van der Waals surface area contributed by atoms with Gasteiger partial charge in [-0.25, -0.2) is 4.98 Å². The van der Waals surface area contributed by atoms with Gasteiger partial charge in [0, 0.05) is 22.6 Å². The van der Waals surface area contributed by atoms with Crippen molar-refractivity contribution >= 4 is 33.2 Å². The number of allylic oxidation sites excluding steroid dienone is 1. The maximum Gasteiger partial charge on any atom is 0.152 e. The van der Waals surface area contributed by atoms with Crippen molar-refractivity contribution in [2.45, 2.75) is 18.9 Å². The Labute approximate surface area is 108 Å². The van der Waals surface area contributed by atoms with Crippen LogP contribution in [0.5, 0.6) is 0 Å². The minimum Gasteiger partial charge on any atom is -0.379 e. The summed E-state index contributed by atoms with van der Waals surface area (Å²) in [5.41, 5.74) is 0.930. The van der Waals surface area contributed by atoms with Gasteiger partial charge >= 0.3 is 0 Å².